The van der Waals surface area contributed by atoms with Crippen LogP contribution in [0.15, 0.2) is 24.3 Å². The fourth-order valence-corrected chi connectivity index (χ4v) is 1.26. The quantitative estimate of drug-likeness (QED) is 0.772. The summed E-state index contributed by atoms with van der Waals surface area (Å²) in [6.07, 6.45) is 4.50. The van der Waals surface area contributed by atoms with Gasteiger partial charge >= 0.3 is 0 Å². The summed E-state index contributed by atoms with van der Waals surface area (Å²) in [6, 6.07) is 5.04. The summed E-state index contributed by atoms with van der Waals surface area (Å²) in [5.74, 6) is 0.252. The topological polar surface area (TPSA) is 55.4 Å². The fraction of sp³-hybridized carbons (Fsp3) is 0.167. The Morgan fingerprint density at radius 3 is 2.81 bits per heavy atom. The van der Waals surface area contributed by atoms with Crippen LogP contribution in [-0.2, 0) is 4.79 Å². The molecule has 1 aromatic rings. The molecule has 1 amide bonds. The zero-order valence-corrected chi connectivity index (χ0v) is 9.11. The Bertz CT molecular complexity index is 424. The lowest BCUT2D eigenvalue weighted by Gasteiger charge is -2.07. The Kier molecular flexibility index (Phi) is 4.27. The van der Waals surface area contributed by atoms with E-state index in [0.717, 1.165) is 5.56 Å². The maximum absolute atomic E-state index is 11.4. The van der Waals surface area contributed by atoms with E-state index in [9.17, 15) is 9.59 Å². The third kappa shape index (κ3) is 2.70. The van der Waals surface area contributed by atoms with Gasteiger partial charge in [0.15, 0.2) is 0 Å². The van der Waals surface area contributed by atoms with Crippen LogP contribution in [0.5, 0.6) is 5.75 Å². The van der Waals surface area contributed by atoms with E-state index in [2.05, 4.69) is 5.32 Å². The molecule has 0 atom stereocenters. The molecular weight excluding hydrogens is 206 g/mol. The number of allylic oxidation sites excluding steroid dienone is 1. The Morgan fingerprint density at radius 1 is 1.50 bits per heavy atom. The fourth-order valence-electron chi connectivity index (χ4n) is 1.26. The third-order valence-electron chi connectivity index (χ3n) is 2.04. The lowest BCUT2D eigenvalue weighted by molar-refractivity contribution is 0.0960. The molecule has 0 aliphatic carbocycles. The van der Waals surface area contributed by atoms with E-state index in [1.54, 1.807) is 37.6 Å². The van der Waals surface area contributed by atoms with E-state index in [-0.39, 0.29) is 5.91 Å². The van der Waals surface area contributed by atoms with Crippen molar-refractivity contribution in [2.45, 2.75) is 0 Å². The van der Waals surface area contributed by atoms with Crippen molar-refractivity contribution in [2.24, 2.45) is 0 Å². The molecule has 0 unspecified atom stereocenters. The monoisotopic (exact) mass is 218 g/mol. The predicted molar refractivity (Wildman–Crippen MR) is 61.1 cm³/mol. The first-order chi connectivity index (χ1) is 7.72. The molecule has 1 rings (SSSR count). The molecule has 0 heterocycles. The van der Waals surface area contributed by atoms with Crippen molar-refractivity contribution in [3.05, 3.63) is 35.4 Å². The molecule has 0 saturated heterocycles. The highest BCUT2D eigenvalue weighted by Crippen LogP contribution is 2.20. The van der Waals surface area contributed by atoms with E-state index < -0.39 is 0 Å². The van der Waals surface area contributed by atoms with Crippen LogP contribution in [0.1, 0.15) is 15.9 Å². The Balaban J connectivity index is 3.11. The van der Waals surface area contributed by atoms with Gasteiger partial charge in [0, 0.05) is 7.05 Å². The van der Waals surface area contributed by atoms with Crippen LogP contribution >= 0.6 is 0 Å². The highest BCUT2D eigenvalue weighted by molar-refractivity contribution is 5.97. The van der Waals surface area contributed by atoms with Gasteiger partial charge in [-0.15, -0.1) is 0 Å². The molecule has 0 fully saturated rings. The molecule has 83 valence electrons. The lowest BCUT2D eigenvalue weighted by atomic mass is 10.1. The van der Waals surface area contributed by atoms with Crippen molar-refractivity contribution in [3.63, 3.8) is 0 Å². The minimum absolute atomic E-state index is 0.214. The molecule has 0 aliphatic rings. The average molecular weight is 218 g/mol. The number of ether oxygens (including phenoxy) is 1. The number of nitrogens with one attached hydrogen (secondary N) is 1. The van der Waals surface area contributed by atoms with E-state index in [1.807, 2.05) is 0 Å². The number of carbonyl (C=O) groups is 1. The molecule has 4 nitrogen and oxygen atoms in total. The first-order valence-electron chi connectivity index (χ1n) is 4.67. The van der Waals surface area contributed by atoms with Crippen molar-refractivity contribution in [3.8, 4) is 5.75 Å². The molecule has 0 bridgehead atoms. The minimum atomic E-state index is -0.214. The number of carbonyl (C=O) groups excluding carboxylic acids is 2. The van der Waals surface area contributed by atoms with Gasteiger partial charge in [0.1, 0.15) is 5.75 Å². The molecule has 16 heavy (non-hydrogen) atoms. The van der Waals surface area contributed by atoms with Crippen molar-refractivity contribution < 1.29 is 14.3 Å². The Morgan fingerprint density at radius 2 is 2.25 bits per heavy atom. The zero-order valence-electron chi connectivity index (χ0n) is 9.11. The predicted octanol–water partition coefficient (Wildman–Crippen LogP) is 1.18. The van der Waals surface area contributed by atoms with Crippen LogP contribution in [0.3, 0.4) is 0 Å². The van der Waals surface area contributed by atoms with Crippen molar-refractivity contribution >= 4 is 18.3 Å². The molecule has 0 aromatic heterocycles. The molecule has 0 spiro atoms. The van der Waals surface area contributed by atoms with Gasteiger partial charge in [0.25, 0.3) is 5.91 Å². The SMILES string of the molecule is CNC(=O)c1ccc(C=C[C]=O)cc1OC. The van der Waals surface area contributed by atoms with Gasteiger partial charge in [-0.05, 0) is 23.8 Å². The smallest absolute Gasteiger partial charge is 0.254 e. The molecule has 1 aromatic carbocycles. The van der Waals surface area contributed by atoms with Gasteiger partial charge in [0.05, 0.1) is 12.7 Å². The summed E-state index contributed by atoms with van der Waals surface area (Å²) in [5, 5.41) is 2.52. The summed E-state index contributed by atoms with van der Waals surface area (Å²) in [7, 11) is 3.04. The lowest BCUT2D eigenvalue weighted by Crippen LogP contribution is -2.18. The molecule has 0 aliphatic heterocycles. The Hall–Kier alpha value is -2.10. The van der Waals surface area contributed by atoms with Crippen LogP contribution in [-0.4, -0.2) is 26.4 Å². The first kappa shape index (κ1) is 12.0. The largest absolute Gasteiger partial charge is 0.496 e. The standard InChI is InChI=1S/C12H12NO3/c1-13-12(15)10-6-5-9(4-3-7-14)8-11(10)16-2/h3-6,8H,1-2H3,(H,13,15). The van der Waals surface area contributed by atoms with Crippen LogP contribution in [0.4, 0.5) is 0 Å². The summed E-state index contributed by atoms with van der Waals surface area (Å²) in [5.41, 5.74) is 1.23. The van der Waals surface area contributed by atoms with Crippen molar-refractivity contribution in [1.82, 2.24) is 5.32 Å². The number of methoxy groups -OCH3 is 1. The Labute approximate surface area is 93.9 Å². The molecular formula is C12H12NO3. The van der Waals surface area contributed by atoms with Crippen molar-refractivity contribution in [2.75, 3.05) is 14.2 Å². The van der Waals surface area contributed by atoms with Gasteiger partial charge < -0.3 is 10.1 Å². The highest BCUT2D eigenvalue weighted by atomic mass is 16.5. The molecule has 0 saturated carbocycles. The van der Waals surface area contributed by atoms with Gasteiger partial charge in [-0.2, -0.15) is 0 Å². The third-order valence-corrected chi connectivity index (χ3v) is 2.04. The highest BCUT2D eigenvalue weighted by Gasteiger charge is 2.10. The average Bonchev–Trinajstić information content (AvgIpc) is 2.34. The normalized spacial score (nSPS) is 10.1. The molecule has 1 radical (unpaired) electrons. The summed E-state index contributed by atoms with van der Waals surface area (Å²) in [6.45, 7) is 0. The van der Waals surface area contributed by atoms with Gasteiger partial charge in [-0.1, -0.05) is 12.1 Å². The van der Waals surface area contributed by atoms with Crippen LogP contribution < -0.4 is 10.1 Å². The van der Waals surface area contributed by atoms with Gasteiger partial charge in [-0.3, -0.25) is 9.59 Å². The zero-order chi connectivity index (χ0) is 12.0. The van der Waals surface area contributed by atoms with E-state index in [4.69, 9.17) is 4.74 Å². The summed E-state index contributed by atoms with van der Waals surface area (Å²) in [4.78, 5) is 21.5. The van der Waals surface area contributed by atoms with Crippen molar-refractivity contribution in [1.29, 1.82) is 0 Å². The van der Waals surface area contributed by atoms with E-state index in [0.29, 0.717) is 11.3 Å². The number of hydrogen-bond acceptors (Lipinski definition) is 3. The summed E-state index contributed by atoms with van der Waals surface area (Å²) < 4.78 is 5.10. The van der Waals surface area contributed by atoms with Gasteiger partial charge in [0.2, 0.25) is 6.29 Å². The van der Waals surface area contributed by atoms with Crippen LogP contribution in [0.25, 0.3) is 6.08 Å². The number of amides is 1. The maximum atomic E-state index is 11.4. The number of hydrogen-bond donors (Lipinski definition) is 1. The summed E-state index contributed by atoms with van der Waals surface area (Å²) >= 11 is 0. The minimum Gasteiger partial charge on any atom is -0.496 e. The second-order valence-corrected chi connectivity index (χ2v) is 2.99. The van der Waals surface area contributed by atoms with Crippen LogP contribution in [0, 0.1) is 0 Å². The second kappa shape index (κ2) is 5.70. The van der Waals surface area contributed by atoms with Gasteiger partial charge in [-0.25, -0.2) is 0 Å². The maximum Gasteiger partial charge on any atom is 0.254 e. The second-order valence-electron chi connectivity index (χ2n) is 2.99. The number of benzene rings is 1. The first-order valence-corrected chi connectivity index (χ1v) is 4.67. The molecule has 1 N–H and O–H groups in total. The van der Waals surface area contributed by atoms with E-state index >= 15 is 0 Å². The van der Waals surface area contributed by atoms with E-state index in [1.165, 1.54) is 13.2 Å². The molecule has 4 heteroatoms. The number of rotatable bonds is 4. The van der Waals surface area contributed by atoms with Crippen LogP contribution in [0.2, 0.25) is 0 Å².